The second-order valence-corrected chi connectivity index (χ2v) is 5.41. The summed E-state index contributed by atoms with van der Waals surface area (Å²) in [6.07, 6.45) is 4.54. The summed E-state index contributed by atoms with van der Waals surface area (Å²) in [6, 6.07) is -0.187. The number of urea groups is 1. The molecule has 0 aromatic rings. The Kier molecular flexibility index (Phi) is 6.78. The molecule has 0 saturated heterocycles. The lowest BCUT2D eigenvalue weighted by molar-refractivity contribution is -0.139. The van der Waals surface area contributed by atoms with E-state index in [9.17, 15) is 9.59 Å². The van der Waals surface area contributed by atoms with E-state index in [0.717, 1.165) is 32.1 Å². The zero-order valence-electron chi connectivity index (χ0n) is 12.5. The average molecular weight is 286 g/mol. The monoisotopic (exact) mass is 286 g/mol. The van der Waals surface area contributed by atoms with E-state index in [1.165, 1.54) is 0 Å². The van der Waals surface area contributed by atoms with Gasteiger partial charge in [-0.05, 0) is 19.8 Å². The van der Waals surface area contributed by atoms with Crippen LogP contribution in [0.15, 0.2) is 0 Å². The Hall–Kier alpha value is -1.30. The number of carboxylic acids is 1. The summed E-state index contributed by atoms with van der Waals surface area (Å²) in [6.45, 7) is 3.48. The summed E-state index contributed by atoms with van der Waals surface area (Å²) in [7, 11) is 1.60. The summed E-state index contributed by atoms with van der Waals surface area (Å²) in [5, 5.41) is 12.1. The van der Waals surface area contributed by atoms with Crippen LogP contribution in [0.2, 0.25) is 0 Å². The number of nitrogens with one attached hydrogen (secondary N) is 1. The predicted octanol–water partition coefficient (Wildman–Crippen LogP) is 1.84. The molecule has 0 unspecified atom stereocenters. The lowest BCUT2D eigenvalue weighted by atomic mass is 9.79. The van der Waals surface area contributed by atoms with Crippen molar-refractivity contribution in [1.82, 2.24) is 10.2 Å². The first-order valence-electron chi connectivity index (χ1n) is 7.31. The molecule has 0 bridgehead atoms. The fourth-order valence-corrected chi connectivity index (χ4v) is 2.77. The molecule has 1 rings (SSSR count). The molecule has 116 valence electrons. The van der Waals surface area contributed by atoms with Gasteiger partial charge in [0.25, 0.3) is 0 Å². The molecule has 0 radical (unpaired) electrons. The van der Waals surface area contributed by atoms with E-state index in [1.54, 1.807) is 12.0 Å². The number of likely N-dealkylation sites (N-methyl/N-ethyl adjacent to an activating group) is 1. The van der Waals surface area contributed by atoms with Crippen molar-refractivity contribution in [3.63, 3.8) is 0 Å². The number of amides is 2. The maximum Gasteiger partial charge on any atom is 0.317 e. The summed E-state index contributed by atoms with van der Waals surface area (Å²) in [4.78, 5) is 25.0. The zero-order valence-corrected chi connectivity index (χ0v) is 12.5. The summed E-state index contributed by atoms with van der Waals surface area (Å²) in [5.41, 5.74) is -0.582. The van der Waals surface area contributed by atoms with Gasteiger partial charge in [0.2, 0.25) is 0 Å². The first-order chi connectivity index (χ1) is 9.53. The molecule has 6 heteroatoms. The van der Waals surface area contributed by atoms with Gasteiger partial charge in [-0.2, -0.15) is 0 Å². The number of aliphatic carboxylic acids is 1. The highest BCUT2D eigenvalue weighted by atomic mass is 16.5. The molecule has 0 aromatic heterocycles. The van der Waals surface area contributed by atoms with Gasteiger partial charge in [0.15, 0.2) is 0 Å². The molecular weight excluding hydrogens is 260 g/mol. The van der Waals surface area contributed by atoms with Crippen molar-refractivity contribution in [1.29, 1.82) is 0 Å². The largest absolute Gasteiger partial charge is 0.481 e. The molecule has 0 heterocycles. The van der Waals surface area contributed by atoms with Crippen molar-refractivity contribution in [2.75, 3.05) is 26.8 Å². The van der Waals surface area contributed by atoms with E-state index >= 15 is 0 Å². The number of nitrogens with zero attached hydrogens (tertiary/aromatic N) is 1. The number of carboxylic acid groups (broad SMARTS) is 1. The van der Waals surface area contributed by atoms with E-state index in [2.05, 4.69) is 5.32 Å². The minimum atomic E-state index is -0.855. The molecule has 1 saturated carbocycles. The van der Waals surface area contributed by atoms with Gasteiger partial charge >= 0.3 is 12.0 Å². The lowest BCUT2D eigenvalue weighted by Crippen LogP contribution is -2.55. The van der Waals surface area contributed by atoms with Crippen molar-refractivity contribution in [3.05, 3.63) is 0 Å². The minimum Gasteiger partial charge on any atom is -0.481 e. The van der Waals surface area contributed by atoms with Crippen LogP contribution in [0.3, 0.4) is 0 Å². The third-order valence-electron chi connectivity index (χ3n) is 3.91. The van der Waals surface area contributed by atoms with Crippen LogP contribution < -0.4 is 5.32 Å². The fraction of sp³-hybridized carbons (Fsp3) is 0.857. The zero-order chi connectivity index (χ0) is 15.0. The Bertz CT molecular complexity index is 327. The smallest absolute Gasteiger partial charge is 0.317 e. The lowest BCUT2D eigenvalue weighted by Gasteiger charge is -2.38. The molecule has 1 aliphatic carbocycles. The molecule has 0 atom stereocenters. The highest BCUT2D eigenvalue weighted by Gasteiger charge is 2.36. The molecule has 1 aliphatic rings. The van der Waals surface area contributed by atoms with Gasteiger partial charge in [-0.1, -0.05) is 19.3 Å². The summed E-state index contributed by atoms with van der Waals surface area (Å²) < 4.78 is 4.99. The van der Waals surface area contributed by atoms with Crippen LogP contribution in [0.1, 0.15) is 45.4 Å². The molecule has 0 spiro atoms. The van der Waals surface area contributed by atoms with E-state index < -0.39 is 11.5 Å². The van der Waals surface area contributed by atoms with Crippen LogP contribution >= 0.6 is 0 Å². The van der Waals surface area contributed by atoms with Gasteiger partial charge in [-0.3, -0.25) is 4.79 Å². The second kappa shape index (κ2) is 8.09. The first-order valence-corrected chi connectivity index (χ1v) is 7.31. The Morgan fingerprint density at radius 2 is 1.95 bits per heavy atom. The van der Waals surface area contributed by atoms with Crippen LogP contribution in [0.4, 0.5) is 4.79 Å². The molecule has 1 fully saturated rings. The standard InChI is InChI=1S/C14H26N2O4/c1-3-16(9-10-20-2)13(19)15-14(11-12(17)18)7-5-4-6-8-14/h3-11H2,1-2H3,(H,15,19)(H,17,18). The normalized spacial score (nSPS) is 17.5. The number of carbonyl (C=O) groups excluding carboxylic acids is 1. The number of rotatable bonds is 7. The van der Waals surface area contributed by atoms with Crippen molar-refractivity contribution < 1.29 is 19.4 Å². The molecule has 2 N–H and O–H groups in total. The topological polar surface area (TPSA) is 78.9 Å². The number of ether oxygens (including phenoxy) is 1. The summed E-state index contributed by atoms with van der Waals surface area (Å²) >= 11 is 0. The molecule has 2 amide bonds. The summed E-state index contributed by atoms with van der Waals surface area (Å²) in [5.74, 6) is -0.855. The van der Waals surface area contributed by atoms with Crippen LogP contribution in [0.25, 0.3) is 0 Å². The van der Waals surface area contributed by atoms with Gasteiger partial charge in [0, 0.05) is 20.2 Å². The van der Waals surface area contributed by atoms with Gasteiger partial charge in [0.1, 0.15) is 0 Å². The maximum absolute atomic E-state index is 12.3. The van der Waals surface area contributed by atoms with E-state index in [0.29, 0.717) is 19.7 Å². The third-order valence-corrected chi connectivity index (χ3v) is 3.91. The molecule has 6 nitrogen and oxygen atoms in total. The molecule has 0 aromatic carbocycles. The van der Waals surface area contributed by atoms with E-state index in [4.69, 9.17) is 9.84 Å². The Balaban J connectivity index is 2.67. The highest BCUT2D eigenvalue weighted by molar-refractivity contribution is 5.77. The van der Waals surface area contributed by atoms with Crippen molar-refractivity contribution >= 4 is 12.0 Å². The van der Waals surface area contributed by atoms with Crippen molar-refractivity contribution in [3.8, 4) is 0 Å². The van der Waals surface area contributed by atoms with Gasteiger partial charge in [-0.15, -0.1) is 0 Å². The van der Waals surface area contributed by atoms with Crippen LogP contribution in [-0.4, -0.2) is 54.4 Å². The number of hydrogen-bond donors (Lipinski definition) is 2. The SMILES string of the molecule is CCN(CCOC)C(=O)NC1(CC(=O)O)CCCCC1. The van der Waals surface area contributed by atoms with E-state index in [-0.39, 0.29) is 12.5 Å². The van der Waals surface area contributed by atoms with Gasteiger partial charge < -0.3 is 20.1 Å². The van der Waals surface area contributed by atoms with Gasteiger partial charge in [0.05, 0.1) is 18.6 Å². The Labute approximate surface area is 120 Å². The van der Waals surface area contributed by atoms with Crippen LogP contribution in [0.5, 0.6) is 0 Å². The number of carbonyl (C=O) groups is 2. The molecule has 20 heavy (non-hydrogen) atoms. The third kappa shape index (κ3) is 5.00. The number of methoxy groups -OCH3 is 1. The van der Waals surface area contributed by atoms with Crippen LogP contribution in [-0.2, 0) is 9.53 Å². The van der Waals surface area contributed by atoms with Crippen molar-refractivity contribution in [2.45, 2.75) is 51.0 Å². The van der Waals surface area contributed by atoms with Gasteiger partial charge in [-0.25, -0.2) is 4.79 Å². The molecular formula is C14H26N2O4. The predicted molar refractivity (Wildman–Crippen MR) is 75.7 cm³/mol. The Morgan fingerprint density at radius 3 is 2.45 bits per heavy atom. The average Bonchev–Trinajstić information content (AvgIpc) is 2.39. The number of hydrogen-bond acceptors (Lipinski definition) is 3. The first kappa shape index (κ1) is 16.8. The highest BCUT2D eigenvalue weighted by Crippen LogP contribution is 2.31. The molecule has 0 aliphatic heterocycles. The van der Waals surface area contributed by atoms with Crippen molar-refractivity contribution in [2.24, 2.45) is 0 Å². The van der Waals surface area contributed by atoms with E-state index in [1.807, 2.05) is 6.92 Å². The maximum atomic E-state index is 12.3. The minimum absolute atomic E-state index is 0.000568. The fourth-order valence-electron chi connectivity index (χ4n) is 2.77. The Morgan fingerprint density at radius 1 is 1.30 bits per heavy atom. The van der Waals surface area contributed by atoms with Crippen LogP contribution in [0, 0.1) is 0 Å². The second-order valence-electron chi connectivity index (χ2n) is 5.41. The quantitative estimate of drug-likeness (QED) is 0.748.